The fourth-order valence-corrected chi connectivity index (χ4v) is 4.66. The van der Waals surface area contributed by atoms with Gasteiger partial charge in [0.15, 0.2) is 26.6 Å². The average molecular weight is 624 g/mol. The fraction of sp³-hybridized carbons (Fsp3) is 0.552. The number of esters is 4. The number of carbonyl (C=O) groups excluding carboxylic acids is 5. The molecule has 1 N–H and O–H groups in total. The first-order valence-electron chi connectivity index (χ1n) is 13.6. The van der Waals surface area contributed by atoms with E-state index in [1.54, 1.807) is 24.3 Å². The van der Waals surface area contributed by atoms with Crippen LogP contribution in [0, 0.1) is 0 Å². The molecule has 4 unspecified atom stereocenters. The largest absolute Gasteiger partial charge is 0.459 e. The summed E-state index contributed by atoms with van der Waals surface area (Å²) in [6, 6.07) is 6.86. The van der Waals surface area contributed by atoms with Crippen LogP contribution in [0.4, 0.5) is 10.5 Å². The molecule has 1 aromatic carbocycles. The summed E-state index contributed by atoms with van der Waals surface area (Å²) >= 11 is 0. The minimum atomic E-state index is -1.96. The van der Waals surface area contributed by atoms with Crippen LogP contribution in [-0.2, 0) is 58.6 Å². The van der Waals surface area contributed by atoms with Gasteiger partial charge in [-0.3, -0.25) is 19.7 Å². The van der Waals surface area contributed by atoms with Crippen molar-refractivity contribution in [2.24, 2.45) is 0 Å². The van der Waals surface area contributed by atoms with Crippen LogP contribution in [0.3, 0.4) is 0 Å². The quantitative estimate of drug-likeness (QED) is 0.163. The number of hydrogen-bond acceptors (Lipinski definition) is 12. The molecule has 43 heavy (non-hydrogen) atoms. The smallest absolute Gasteiger partial charge is 0.414 e. The minimum Gasteiger partial charge on any atom is -0.459 e. The summed E-state index contributed by atoms with van der Waals surface area (Å²) in [7, 11) is -1.96. The summed E-state index contributed by atoms with van der Waals surface area (Å²) in [4.78, 5) is 61.6. The van der Waals surface area contributed by atoms with Gasteiger partial charge in [0.05, 0.1) is 6.61 Å². The number of nitrogens with one attached hydrogen (secondary N) is 1. The number of anilines is 1. The van der Waals surface area contributed by atoms with E-state index in [0.717, 1.165) is 26.3 Å². The average Bonchev–Trinajstić information content (AvgIpc) is 2.88. The summed E-state index contributed by atoms with van der Waals surface area (Å²) < 4.78 is 38.1. The van der Waals surface area contributed by atoms with Gasteiger partial charge in [-0.1, -0.05) is 45.6 Å². The third-order valence-electron chi connectivity index (χ3n) is 6.81. The lowest BCUT2D eigenvalue weighted by Gasteiger charge is -2.42. The van der Waals surface area contributed by atoms with Crippen LogP contribution in [0.5, 0.6) is 0 Å². The lowest BCUT2D eigenvalue weighted by atomic mass is 9.97. The minimum absolute atomic E-state index is 0.0531. The zero-order valence-electron chi connectivity index (χ0n) is 25.8. The highest BCUT2D eigenvalue weighted by Crippen LogP contribution is 2.37. The van der Waals surface area contributed by atoms with Gasteiger partial charge >= 0.3 is 30.0 Å². The predicted octanol–water partition coefficient (Wildman–Crippen LogP) is 4.01. The van der Waals surface area contributed by atoms with Crippen molar-refractivity contribution in [2.75, 3.05) is 11.9 Å². The zero-order chi connectivity index (χ0) is 32.5. The maximum Gasteiger partial charge on any atom is 0.414 e. The molecule has 0 bridgehead atoms. The zero-order valence-corrected chi connectivity index (χ0v) is 26.8. The molecule has 0 radical (unpaired) electrons. The lowest BCUT2D eigenvalue weighted by Crippen LogP contribution is -2.64. The lowest BCUT2D eigenvalue weighted by molar-refractivity contribution is -0.287. The summed E-state index contributed by atoms with van der Waals surface area (Å²) in [5.41, 5.74) is 1.26. The Kier molecular flexibility index (Phi) is 12.5. The Bertz CT molecular complexity index is 1180. The van der Waals surface area contributed by atoms with Crippen molar-refractivity contribution in [3.63, 3.8) is 0 Å². The molecular weight excluding hydrogens is 582 g/mol. The molecule has 0 aromatic heterocycles. The van der Waals surface area contributed by atoms with Gasteiger partial charge < -0.3 is 32.8 Å². The first kappa shape index (κ1) is 35.4. The Morgan fingerprint density at radius 3 is 1.93 bits per heavy atom. The predicted molar refractivity (Wildman–Crippen MR) is 155 cm³/mol. The number of ether oxygens (including phenoxy) is 6. The fourth-order valence-electron chi connectivity index (χ4n) is 3.70. The maximum atomic E-state index is 12.9. The van der Waals surface area contributed by atoms with Crippen LogP contribution < -0.4 is 5.32 Å². The van der Waals surface area contributed by atoms with E-state index in [1.165, 1.54) is 6.08 Å². The summed E-state index contributed by atoms with van der Waals surface area (Å²) in [5, 5.41) is 2.58. The number of benzene rings is 1. The second kappa shape index (κ2) is 15.1. The second-order valence-electron chi connectivity index (χ2n) is 11.3. The van der Waals surface area contributed by atoms with Gasteiger partial charge in [0, 0.05) is 26.5 Å². The van der Waals surface area contributed by atoms with Gasteiger partial charge in [-0.15, -0.1) is 0 Å². The Balaban J connectivity index is 2.27. The highest BCUT2D eigenvalue weighted by molar-refractivity contribution is 6.74. The SMILES string of the molecule is C=CCOC(=O)C1OC(OC(=O)Nc2ccc(CO[Si](C)(C)C(C)(C)C)cc2)[C@H](OC(C)=O)C(OC(C)=O)C1OC(C)=O. The second-order valence-corrected chi connectivity index (χ2v) is 16.2. The van der Waals surface area contributed by atoms with E-state index in [1.807, 2.05) is 0 Å². The molecule has 1 amide bonds. The third-order valence-corrected chi connectivity index (χ3v) is 11.3. The molecule has 1 saturated heterocycles. The van der Waals surface area contributed by atoms with Gasteiger partial charge in [0.2, 0.25) is 12.4 Å². The molecule has 13 nitrogen and oxygen atoms in total. The standard InChI is InChI=1S/C29H41NO12Si/c1-10-15-36-26(34)24-22(38-17(2)31)23(39-18(3)32)25(40-19(4)33)27(41-24)42-28(35)30-21-13-11-20(12-14-21)16-37-43(8,9)29(5,6)7/h10-14,22-25,27H,1,15-16H2,2-9H3,(H,30,35)/t22?,23?,24?,25-,27?/m1/s1. The molecule has 1 aliphatic rings. The maximum absolute atomic E-state index is 12.9. The van der Waals surface area contributed by atoms with Crippen LogP contribution in [0.15, 0.2) is 36.9 Å². The van der Waals surface area contributed by atoms with Crippen molar-refractivity contribution < 1.29 is 56.8 Å². The van der Waals surface area contributed by atoms with E-state index >= 15 is 0 Å². The number of rotatable bonds is 11. The molecule has 1 aliphatic heterocycles. The molecule has 0 spiro atoms. The van der Waals surface area contributed by atoms with Crippen molar-refractivity contribution in [3.8, 4) is 0 Å². The Labute approximate surface area is 252 Å². The van der Waals surface area contributed by atoms with Crippen molar-refractivity contribution in [1.29, 1.82) is 0 Å². The van der Waals surface area contributed by atoms with E-state index in [0.29, 0.717) is 12.3 Å². The van der Waals surface area contributed by atoms with Crippen molar-refractivity contribution >= 4 is 44.0 Å². The highest BCUT2D eigenvalue weighted by Gasteiger charge is 2.56. The van der Waals surface area contributed by atoms with Gasteiger partial charge in [-0.05, 0) is 35.8 Å². The Morgan fingerprint density at radius 2 is 1.42 bits per heavy atom. The molecule has 1 heterocycles. The molecule has 0 aliphatic carbocycles. The molecule has 238 valence electrons. The van der Waals surface area contributed by atoms with Gasteiger partial charge in [-0.2, -0.15) is 0 Å². The van der Waals surface area contributed by atoms with E-state index < -0.39 is 69.0 Å². The first-order valence-corrected chi connectivity index (χ1v) is 16.5. The molecule has 5 atom stereocenters. The van der Waals surface area contributed by atoms with Crippen LogP contribution in [-0.4, -0.2) is 75.6 Å². The number of hydrogen-bond donors (Lipinski definition) is 1. The van der Waals surface area contributed by atoms with Crippen molar-refractivity contribution in [2.45, 2.75) is 97.0 Å². The van der Waals surface area contributed by atoms with Crippen LogP contribution in [0.1, 0.15) is 47.1 Å². The normalized spacial score (nSPS) is 22.0. The summed E-state index contributed by atoms with van der Waals surface area (Å²) in [6.07, 6.45) is -8.08. The molecule has 0 saturated carbocycles. The van der Waals surface area contributed by atoms with Crippen molar-refractivity contribution in [1.82, 2.24) is 0 Å². The van der Waals surface area contributed by atoms with E-state index in [4.69, 9.17) is 32.8 Å². The first-order chi connectivity index (χ1) is 19.9. The van der Waals surface area contributed by atoms with Crippen molar-refractivity contribution in [3.05, 3.63) is 42.5 Å². The van der Waals surface area contributed by atoms with E-state index in [2.05, 4.69) is 45.8 Å². The van der Waals surface area contributed by atoms with Gasteiger partial charge in [0.1, 0.15) is 6.61 Å². The highest BCUT2D eigenvalue weighted by atomic mass is 28.4. The monoisotopic (exact) mass is 623 g/mol. The van der Waals surface area contributed by atoms with Crippen LogP contribution >= 0.6 is 0 Å². The number of amides is 1. The third kappa shape index (κ3) is 10.5. The topological polar surface area (TPSA) is 162 Å². The summed E-state index contributed by atoms with van der Waals surface area (Å²) in [5.74, 6) is -3.61. The van der Waals surface area contributed by atoms with Gasteiger partial charge in [0.25, 0.3) is 0 Å². The molecular formula is C29H41NO12Si. The van der Waals surface area contributed by atoms with E-state index in [9.17, 15) is 24.0 Å². The molecule has 14 heteroatoms. The molecule has 1 aromatic rings. The van der Waals surface area contributed by atoms with E-state index in [-0.39, 0.29) is 11.6 Å². The molecule has 2 rings (SSSR count). The van der Waals surface area contributed by atoms with Crippen LogP contribution in [0.2, 0.25) is 18.1 Å². The molecule has 1 fully saturated rings. The van der Waals surface area contributed by atoms with Crippen LogP contribution in [0.25, 0.3) is 0 Å². The Morgan fingerprint density at radius 1 is 0.884 bits per heavy atom. The Hall–Kier alpha value is -3.75. The number of carbonyl (C=O) groups is 5. The summed E-state index contributed by atoms with van der Waals surface area (Å²) in [6.45, 7) is 17.6. The van der Waals surface area contributed by atoms with Gasteiger partial charge in [-0.25, -0.2) is 9.59 Å².